The Labute approximate surface area is 124 Å². The molecule has 2 saturated heterocycles. The van der Waals surface area contributed by atoms with E-state index in [0.29, 0.717) is 5.13 Å². The summed E-state index contributed by atoms with van der Waals surface area (Å²) in [5, 5.41) is 9.76. The second kappa shape index (κ2) is 5.46. The summed E-state index contributed by atoms with van der Waals surface area (Å²) in [6, 6.07) is 0. The van der Waals surface area contributed by atoms with E-state index in [-0.39, 0.29) is 5.54 Å². The quantitative estimate of drug-likeness (QED) is 0.824. The van der Waals surface area contributed by atoms with Crippen LogP contribution in [0.15, 0.2) is 0 Å². The smallest absolute Gasteiger partial charge is 0.210 e. The first kappa shape index (κ1) is 14.0. The third-order valence-corrected chi connectivity index (χ3v) is 5.65. The zero-order valence-corrected chi connectivity index (χ0v) is 13.2. The first-order valence-electron chi connectivity index (χ1n) is 7.33. The Hall–Kier alpha value is -0.920. The fourth-order valence-corrected chi connectivity index (χ4v) is 4.02. The van der Waals surface area contributed by atoms with Gasteiger partial charge in [0.2, 0.25) is 10.3 Å². The molecule has 6 nitrogen and oxygen atoms in total. The molecule has 2 N–H and O–H groups in total. The van der Waals surface area contributed by atoms with Gasteiger partial charge >= 0.3 is 0 Å². The van der Waals surface area contributed by atoms with Gasteiger partial charge in [-0.15, -0.1) is 10.2 Å². The molecule has 1 aromatic heterocycles. The normalized spacial score (nSPS) is 25.0. The van der Waals surface area contributed by atoms with Crippen molar-refractivity contribution in [1.82, 2.24) is 20.0 Å². The Balaban J connectivity index is 1.81. The van der Waals surface area contributed by atoms with E-state index in [0.717, 1.165) is 24.8 Å². The molecule has 3 heterocycles. The molecule has 112 valence electrons. The summed E-state index contributed by atoms with van der Waals surface area (Å²) in [4.78, 5) is 7.39. The van der Waals surface area contributed by atoms with Crippen molar-refractivity contribution >= 4 is 21.6 Å². The van der Waals surface area contributed by atoms with E-state index in [1.165, 1.54) is 43.7 Å². The number of nitrogens with two attached hydrogens (primary N) is 1. The first-order chi connectivity index (χ1) is 9.59. The largest absolute Gasteiger partial charge is 0.374 e. The van der Waals surface area contributed by atoms with Gasteiger partial charge in [0.05, 0.1) is 0 Å². The highest BCUT2D eigenvalue weighted by molar-refractivity contribution is 7.18. The molecule has 0 aliphatic carbocycles. The summed E-state index contributed by atoms with van der Waals surface area (Å²) < 4.78 is 0. The van der Waals surface area contributed by atoms with E-state index in [9.17, 15) is 0 Å². The number of rotatable bonds is 1. The SMILES string of the molecule is CN1CCC2(CC1)CN(c1nnc(N)s1)CCCN2C. The second-order valence-corrected chi connectivity index (χ2v) is 7.13. The lowest BCUT2D eigenvalue weighted by molar-refractivity contribution is 0.0604. The first-order valence-corrected chi connectivity index (χ1v) is 8.14. The minimum atomic E-state index is 0.281. The lowest BCUT2D eigenvalue weighted by Crippen LogP contribution is -2.57. The zero-order valence-electron chi connectivity index (χ0n) is 12.4. The molecule has 3 rings (SSSR count). The van der Waals surface area contributed by atoms with Crippen LogP contribution in [0, 0.1) is 0 Å². The lowest BCUT2D eigenvalue weighted by atomic mass is 9.86. The van der Waals surface area contributed by atoms with E-state index in [1.54, 1.807) is 0 Å². The molecule has 0 unspecified atom stereocenters. The van der Waals surface area contributed by atoms with Gasteiger partial charge in [0.25, 0.3) is 0 Å². The Kier molecular flexibility index (Phi) is 3.83. The van der Waals surface area contributed by atoms with Gasteiger partial charge in [-0.1, -0.05) is 11.3 Å². The molecule has 2 aliphatic heterocycles. The van der Waals surface area contributed by atoms with Gasteiger partial charge < -0.3 is 15.5 Å². The van der Waals surface area contributed by atoms with E-state index in [4.69, 9.17) is 5.73 Å². The monoisotopic (exact) mass is 296 g/mol. The van der Waals surface area contributed by atoms with E-state index in [2.05, 4.69) is 39.0 Å². The molecule has 7 heteroatoms. The maximum absolute atomic E-state index is 5.74. The molecule has 20 heavy (non-hydrogen) atoms. The third-order valence-electron chi connectivity index (χ3n) is 4.83. The van der Waals surface area contributed by atoms with E-state index in [1.807, 2.05) is 0 Å². The Morgan fingerprint density at radius 1 is 1.10 bits per heavy atom. The summed E-state index contributed by atoms with van der Waals surface area (Å²) in [6.07, 6.45) is 3.63. The Morgan fingerprint density at radius 3 is 2.50 bits per heavy atom. The number of nitrogens with zero attached hydrogens (tertiary/aromatic N) is 5. The van der Waals surface area contributed by atoms with Crippen molar-refractivity contribution < 1.29 is 0 Å². The van der Waals surface area contributed by atoms with Crippen LogP contribution in [0.5, 0.6) is 0 Å². The maximum atomic E-state index is 5.74. The predicted octanol–water partition coefficient (Wildman–Crippen LogP) is 0.727. The molecule has 0 atom stereocenters. The van der Waals surface area contributed by atoms with Crippen molar-refractivity contribution in [2.75, 3.05) is 57.5 Å². The molecule has 0 aromatic carbocycles. The highest BCUT2D eigenvalue weighted by Gasteiger charge is 2.40. The standard InChI is InChI=1S/C13H24N6S/c1-17-8-4-13(5-9-17)10-19(7-3-6-18(13)2)12-16-15-11(14)20-12/h3-10H2,1-2H3,(H2,14,15). The summed E-state index contributed by atoms with van der Waals surface area (Å²) >= 11 is 1.51. The van der Waals surface area contributed by atoms with Crippen LogP contribution in [0.3, 0.4) is 0 Å². The van der Waals surface area contributed by atoms with Crippen LogP contribution in [0.4, 0.5) is 10.3 Å². The Bertz CT molecular complexity index is 453. The number of hydrogen-bond acceptors (Lipinski definition) is 7. The molecular weight excluding hydrogens is 272 g/mol. The Morgan fingerprint density at radius 2 is 1.85 bits per heavy atom. The average molecular weight is 296 g/mol. The molecule has 0 bridgehead atoms. The molecule has 1 spiro atoms. The van der Waals surface area contributed by atoms with Crippen LogP contribution in [0.25, 0.3) is 0 Å². The van der Waals surface area contributed by atoms with Gasteiger partial charge in [-0.25, -0.2) is 0 Å². The van der Waals surface area contributed by atoms with Gasteiger partial charge in [-0.2, -0.15) is 0 Å². The molecule has 2 aliphatic rings. The van der Waals surface area contributed by atoms with Crippen molar-refractivity contribution in [2.45, 2.75) is 24.8 Å². The summed E-state index contributed by atoms with van der Waals surface area (Å²) in [6.45, 7) is 5.61. The van der Waals surface area contributed by atoms with Crippen LogP contribution in [0.1, 0.15) is 19.3 Å². The summed E-state index contributed by atoms with van der Waals surface area (Å²) in [5.74, 6) is 0. The van der Waals surface area contributed by atoms with Crippen LogP contribution >= 0.6 is 11.3 Å². The van der Waals surface area contributed by atoms with Gasteiger partial charge in [-0.05, 0) is 46.4 Å². The summed E-state index contributed by atoms with van der Waals surface area (Å²) in [5.41, 5.74) is 6.02. The third kappa shape index (κ3) is 2.62. The predicted molar refractivity (Wildman–Crippen MR) is 83.2 cm³/mol. The second-order valence-electron chi connectivity index (χ2n) is 6.15. The number of nitrogen functional groups attached to an aromatic ring is 1. The van der Waals surface area contributed by atoms with Gasteiger partial charge in [0.15, 0.2) is 0 Å². The minimum Gasteiger partial charge on any atom is -0.374 e. The van der Waals surface area contributed by atoms with Crippen molar-refractivity contribution in [2.24, 2.45) is 0 Å². The topological polar surface area (TPSA) is 61.5 Å². The molecule has 0 amide bonds. The van der Waals surface area contributed by atoms with Gasteiger partial charge in [-0.3, -0.25) is 4.90 Å². The highest BCUT2D eigenvalue weighted by Crippen LogP contribution is 2.33. The lowest BCUT2D eigenvalue weighted by Gasteiger charge is -2.47. The van der Waals surface area contributed by atoms with Crippen LogP contribution in [-0.4, -0.2) is 72.4 Å². The summed E-state index contributed by atoms with van der Waals surface area (Å²) in [7, 11) is 4.50. The maximum Gasteiger partial charge on any atom is 0.210 e. The zero-order chi connectivity index (χ0) is 14.2. The number of likely N-dealkylation sites (tertiary alicyclic amines) is 1. The molecule has 1 aromatic rings. The average Bonchev–Trinajstić information content (AvgIpc) is 2.80. The number of likely N-dealkylation sites (N-methyl/N-ethyl adjacent to an activating group) is 1. The fourth-order valence-electron chi connectivity index (χ4n) is 3.38. The van der Waals surface area contributed by atoms with Crippen molar-refractivity contribution in [3.63, 3.8) is 0 Å². The van der Waals surface area contributed by atoms with Gasteiger partial charge in [0, 0.05) is 25.2 Å². The molecule has 0 saturated carbocycles. The van der Waals surface area contributed by atoms with Crippen LogP contribution < -0.4 is 10.6 Å². The number of aromatic nitrogens is 2. The van der Waals surface area contributed by atoms with Crippen LogP contribution in [0.2, 0.25) is 0 Å². The molecular formula is C13H24N6S. The van der Waals surface area contributed by atoms with E-state index >= 15 is 0 Å². The van der Waals surface area contributed by atoms with E-state index < -0.39 is 0 Å². The van der Waals surface area contributed by atoms with Crippen molar-refractivity contribution in [3.8, 4) is 0 Å². The van der Waals surface area contributed by atoms with Crippen molar-refractivity contribution in [3.05, 3.63) is 0 Å². The van der Waals surface area contributed by atoms with Gasteiger partial charge in [0.1, 0.15) is 0 Å². The minimum absolute atomic E-state index is 0.281. The van der Waals surface area contributed by atoms with Crippen LogP contribution in [-0.2, 0) is 0 Å². The fraction of sp³-hybridized carbons (Fsp3) is 0.846. The molecule has 2 fully saturated rings. The number of piperidine rings is 1. The van der Waals surface area contributed by atoms with Crippen molar-refractivity contribution in [1.29, 1.82) is 0 Å². The molecule has 0 radical (unpaired) electrons. The highest BCUT2D eigenvalue weighted by atomic mass is 32.1. The number of anilines is 2. The number of hydrogen-bond donors (Lipinski definition) is 1.